The number of fused-ring (bicyclic) bond motifs is 1. The Labute approximate surface area is 185 Å². The van der Waals surface area contributed by atoms with Crippen LogP contribution in [0.25, 0.3) is 10.8 Å². The number of hydrogen-bond acceptors (Lipinski definition) is 5. The molecule has 1 aliphatic carbocycles. The highest BCUT2D eigenvalue weighted by molar-refractivity contribution is 5.84. The molecular weight excluding hydrogens is 390 g/mol. The summed E-state index contributed by atoms with van der Waals surface area (Å²) < 4.78 is 16.8. The Kier molecular flexibility index (Phi) is 6.54. The summed E-state index contributed by atoms with van der Waals surface area (Å²) in [5.41, 5.74) is 1.21. The van der Waals surface area contributed by atoms with Gasteiger partial charge in [-0.15, -0.1) is 0 Å². The van der Waals surface area contributed by atoms with Crippen molar-refractivity contribution in [3.63, 3.8) is 0 Å². The first-order chi connectivity index (χ1) is 14.9. The molecule has 2 fully saturated rings. The maximum Gasteiger partial charge on any atom is 0.311 e. The molecule has 0 aromatic heterocycles. The van der Waals surface area contributed by atoms with Gasteiger partial charge in [0.15, 0.2) is 0 Å². The molecule has 1 saturated heterocycles. The number of esters is 1. The zero-order valence-electron chi connectivity index (χ0n) is 19.2. The van der Waals surface area contributed by atoms with Gasteiger partial charge in [-0.05, 0) is 80.0 Å². The zero-order valence-corrected chi connectivity index (χ0v) is 19.2. The lowest BCUT2D eigenvalue weighted by Gasteiger charge is -2.38. The van der Waals surface area contributed by atoms with Crippen molar-refractivity contribution in [2.45, 2.75) is 57.8 Å². The van der Waals surface area contributed by atoms with Crippen molar-refractivity contribution in [1.82, 2.24) is 4.90 Å². The lowest BCUT2D eigenvalue weighted by Crippen LogP contribution is -2.49. The second-order valence-electron chi connectivity index (χ2n) is 9.66. The van der Waals surface area contributed by atoms with Gasteiger partial charge in [-0.25, -0.2) is 0 Å². The van der Waals surface area contributed by atoms with Crippen molar-refractivity contribution in [1.29, 1.82) is 0 Å². The molecule has 5 heteroatoms. The van der Waals surface area contributed by atoms with Gasteiger partial charge in [-0.2, -0.15) is 0 Å². The van der Waals surface area contributed by atoms with E-state index in [0.29, 0.717) is 5.92 Å². The quantitative estimate of drug-likeness (QED) is 0.596. The molecule has 5 nitrogen and oxygen atoms in total. The fourth-order valence-electron chi connectivity index (χ4n) is 4.95. The Morgan fingerprint density at radius 2 is 1.68 bits per heavy atom. The van der Waals surface area contributed by atoms with Gasteiger partial charge < -0.3 is 14.2 Å². The molecule has 0 N–H and O–H groups in total. The molecule has 0 unspecified atom stereocenters. The standard InChI is InChI=1S/C26H35NO4/c1-26(2,30-4)22-8-11-23(12-9-22)31-24-10-7-19-13-18(5-6-20(19)14-24)15-27-16-21(17-27)25(28)29-3/h5-7,10,13-14,21-23H,8-9,11-12,15-17H2,1-4H3/t22-,23-. The number of ether oxygens (including phenoxy) is 3. The predicted molar refractivity (Wildman–Crippen MR) is 122 cm³/mol. The average molecular weight is 426 g/mol. The molecule has 1 aliphatic heterocycles. The van der Waals surface area contributed by atoms with Crippen LogP contribution in [0.5, 0.6) is 5.75 Å². The van der Waals surface area contributed by atoms with Crippen LogP contribution in [0.4, 0.5) is 0 Å². The van der Waals surface area contributed by atoms with Crippen LogP contribution in [0.15, 0.2) is 36.4 Å². The van der Waals surface area contributed by atoms with Crippen LogP contribution in [0.3, 0.4) is 0 Å². The number of benzene rings is 2. The van der Waals surface area contributed by atoms with E-state index in [0.717, 1.165) is 51.1 Å². The van der Waals surface area contributed by atoms with Crippen molar-refractivity contribution in [2.75, 3.05) is 27.3 Å². The third-order valence-corrected chi connectivity index (χ3v) is 7.26. The number of carbonyl (C=O) groups is 1. The van der Waals surface area contributed by atoms with E-state index in [-0.39, 0.29) is 23.6 Å². The van der Waals surface area contributed by atoms with Crippen LogP contribution >= 0.6 is 0 Å². The lowest BCUT2D eigenvalue weighted by atomic mass is 9.78. The first-order valence-electron chi connectivity index (χ1n) is 11.4. The van der Waals surface area contributed by atoms with Crippen molar-refractivity contribution in [2.24, 2.45) is 11.8 Å². The van der Waals surface area contributed by atoms with Crippen LogP contribution in [-0.4, -0.2) is 49.9 Å². The van der Waals surface area contributed by atoms with Crippen molar-refractivity contribution < 1.29 is 19.0 Å². The summed E-state index contributed by atoms with van der Waals surface area (Å²) in [5, 5.41) is 2.42. The molecule has 1 heterocycles. The highest BCUT2D eigenvalue weighted by atomic mass is 16.5. The largest absolute Gasteiger partial charge is 0.490 e. The van der Waals surface area contributed by atoms with Gasteiger partial charge >= 0.3 is 5.97 Å². The lowest BCUT2D eigenvalue weighted by molar-refractivity contribution is -0.151. The van der Waals surface area contributed by atoms with Crippen LogP contribution < -0.4 is 4.74 Å². The Morgan fingerprint density at radius 1 is 1.00 bits per heavy atom. The molecule has 2 aromatic rings. The van der Waals surface area contributed by atoms with E-state index < -0.39 is 0 Å². The average Bonchev–Trinajstić information content (AvgIpc) is 2.76. The molecular formula is C26H35NO4. The van der Waals surface area contributed by atoms with Crippen LogP contribution in [0.1, 0.15) is 45.1 Å². The number of rotatable bonds is 7. The van der Waals surface area contributed by atoms with Crippen molar-refractivity contribution in [3.05, 3.63) is 42.0 Å². The topological polar surface area (TPSA) is 48.0 Å². The van der Waals surface area contributed by atoms with E-state index in [1.165, 1.54) is 23.4 Å². The van der Waals surface area contributed by atoms with E-state index in [1.54, 1.807) is 0 Å². The summed E-state index contributed by atoms with van der Waals surface area (Å²) in [6.07, 6.45) is 4.74. The van der Waals surface area contributed by atoms with E-state index in [2.05, 4.69) is 55.1 Å². The highest BCUT2D eigenvalue weighted by Crippen LogP contribution is 2.36. The van der Waals surface area contributed by atoms with Gasteiger partial charge in [0.1, 0.15) is 5.75 Å². The van der Waals surface area contributed by atoms with Crippen LogP contribution in [-0.2, 0) is 20.8 Å². The summed E-state index contributed by atoms with van der Waals surface area (Å²) in [6, 6.07) is 13.0. The Balaban J connectivity index is 1.32. The second-order valence-corrected chi connectivity index (χ2v) is 9.66. The summed E-state index contributed by atoms with van der Waals surface area (Å²) in [6.45, 7) is 6.80. The van der Waals surface area contributed by atoms with Crippen LogP contribution in [0, 0.1) is 11.8 Å². The molecule has 0 spiro atoms. The van der Waals surface area contributed by atoms with Crippen molar-refractivity contribution in [3.8, 4) is 5.75 Å². The number of methoxy groups -OCH3 is 2. The van der Waals surface area contributed by atoms with Crippen molar-refractivity contribution >= 4 is 16.7 Å². The summed E-state index contributed by atoms with van der Waals surface area (Å²) in [4.78, 5) is 13.8. The first kappa shape index (κ1) is 22.1. The smallest absolute Gasteiger partial charge is 0.311 e. The number of carbonyl (C=O) groups excluding carboxylic acids is 1. The molecule has 1 saturated carbocycles. The zero-order chi connectivity index (χ0) is 22.0. The van der Waals surface area contributed by atoms with Gasteiger partial charge in [0.05, 0.1) is 24.7 Å². The maximum atomic E-state index is 11.5. The Bertz CT molecular complexity index is 911. The minimum Gasteiger partial charge on any atom is -0.490 e. The maximum absolute atomic E-state index is 11.5. The molecule has 2 aliphatic rings. The molecule has 2 aromatic carbocycles. The molecule has 31 heavy (non-hydrogen) atoms. The Morgan fingerprint density at radius 3 is 2.35 bits per heavy atom. The van der Waals surface area contributed by atoms with E-state index in [1.807, 2.05) is 7.11 Å². The number of hydrogen-bond donors (Lipinski definition) is 0. The number of likely N-dealkylation sites (tertiary alicyclic amines) is 1. The minimum absolute atomic E-state index is 0.0285. The normalized spacial score (nSPS) is 22.8. The molecule has 0 bridgehead atoms. The second kappa shape index (κ2) is 9.17. The Hall–Kier alpha value is -2.11. The van der Waals surface area contributed by atoms with Gasteiger partial charge in [0.2, 0.25) is 0 Å². The monoisotopic (exact) mass is 425 g/mol. The minimum atomic E-state index is -0.0989. The van der Waals surface area contributed by atoms with Gasteiger partial charge in [0.25, 0.3) is 0 Å². The fourth-order valence-corrected chi connectivity index (χ4v) is 4.95. The van der Waals surface area contributed by atoms with Gasteiger partial charge in [0, 0.05) is 26.7 Å². The SMILES string of the molecule is COC(=O)C1CN(Cc2ccc3cc(O[C@H]4CC[C@H](C(C)(C)OC)CC4)ccc3c2)C1. The van der Waals surface area contributed by atoms with Gasteiger partial charge in [-0.1, -0.05) is 18.2 Å². The van der Waals surface area contributed by atoms with E-state index >= 15 is 0 Å². The summed E-state index contributed by atoms with van der Waals surface area (Å²) >= 11 is 0. The van der Waals surface area contributed by atoms with E-state index in [9.17, 15) is 4.79 Å². The number of nitrogens with zero attached hydrogens (tertiary/aromatic N) is 1. The van der Waals surface area contributed by atoms with E-state index in [4.69, 9.17) is 14.2 Å². The first-order valence-corrected chi connectivity index (χ1v) is 11.4. The molecule has 0 radical (unpaired) electrons. The third-order valence-electron chi connectivity index (χ3n) is 7.26. The molecule has 0 atom stereocenters. The third kappa shape index (κ3) is 5.04. The molecule has 168 valence electrons. The predicted octanol–water partition coefficient (Wildman–Crippen LogP) is 4.81. The summed E-state index contributed by atoms with van der Waals surface area (Å²) in [7, 11) is 3.27. The molecule has 0 amide bonds. The highest BCUT2D eigenvalue weighted by Gasteiger charge is 2.34. The summed E-state index contributed by atoms with van der Waals surface area (Å²) in [5.74, 6) is 1.49. The molecule has 4 rings (SSSR count). The van der Waals surface area contributed by atoms with Gasteiger partial charge in [-0.3, -0.25) is 9.69 Å². The van der Waals surface area contributed by atoms with Crippen LogP contribution in [0.2, 0.25) is 0 Å². The fraction of sp³-hybridized carbons (Fsp3) is 0.577.